The summed E-state index contributed by atoms with van der Waals surface area (Å²) in [6, 6.07) is 16.4. The van der Waals surface area contributed by atoms with E-state index in [9.17, 15) is 24.0 Å². The molecule has 3 aliphatic rings. The summed E-state index contributed by atoms with van der Waals surface area (Å²) in [5.74, 6) is -2.84. The van der Waals surface area contributed by atoms with Crippen LogP contribution in [-0.4, -0.2) is 78.1 Å². The number of ether oxygens (including phenoxy) is 6. The average molecular weight is 834 g/mol. The Bertz CT molecular complexity index is 2020. The number of esters is 4. The van der Waals surface area contributed by atoms with Gasteiger partial charge in [0.1, 0.15) is 5.75 Å². The molecule has 2 N–H and O–H groups in total. The molecule has 2 heterocycles. The predicted octanol–water partition coefficient (Wildman–Crippen LogP) is 6.20. The minimum atomic E-state index is -1.62. The fourth-order valence-corrected chi connectivity index (χ4v) is 7.62. The van der Waals surface area contributed by atoms with E-state index in [1.54, 1.807) is 0 Å². The quantitative estimate of drug-likeness (QED) is 0.0843. The minimum Gasteiger partial charge on any atom is -0.490 e. The van der Waals surface area contributed by atoms with Gasteiger partial charge in [-0.1, -0.05) is 55.3 Å². The van der Waals surface area contributed by atoms with Gasteiger partial charge in [0.05, 0.1) is 6.10 Å². The molecule has 0 spiro atoms. The van der Waals surface area contributed by atoms with E-state index >= 15 is 0 Å². The SMILES string of the molecule is CC(=O)OC1O[C@H](C(=O)NCCCCC(C)c2ccc(Cl)c(CNC3(c4cnccc4-c4ccccc4OC4CC4)CC3)c2)[C@@H](OC(C)=O)[C@H](OC(C)=O)[C@H]1OC(C)=O. The molecule has 3 aromatic rings. The maximum atomic E-state index is 13.5. The summed E-state index contributed by atoms with van der Waals surface area (Å²) in [4.78, 5) is 66.0. The molecule has 14 nitrogen and oxygen atoms in total. The van der Waals surface area contributed by atoms with Crippen molar-refractivity contribution < 1.29 is 52.4 Å². The Labute approximate surface area is 348 Å². The van der Waals surface area contributed by atoms with Crippen LogP contribution < -0.4 is 15.4 Å². The lowest BCUT2D eigenvalue weighted by Gasteiger charge is -2.43. The van der Waals surface area contributed by atoms with E-state index in [0.29, 0.717) is 18.0 Å². The van der Waals surface area contributed by atoms with Crippen molar-refractivity contribution in [1.82, 2.24) is 15.6 Å². The highest BCUT2D eigenvalue weighted by molar-refractivity contribution is 6.31. The normalized spacial score (nSPS) is 22.3. The van der Waals surface area contributed by atoms with Crippen LogP contribution in [-0.2, 0) is 59.7 Å². The molecular formula is C44H52ClN3O11. The van der Waals surface area contributed by atoms with Gasteiger partial charge in [-0.05, 0) is 84.9 Å². The van der Waals surface area contributed by atoms with Crippen molar-refractivity contribution in [2.75, 3.05) is 6.54 Å². The van der Waals surface area contributed by atoms with Crippen LogP contribution in [0.25, 0.3) is 11.1 Å². The Kier molecular flexibility index (Phi) is 14.3. The lowest BCUT2D eigenvalue weighted by atomic mass is 9.93. The summed E-state index contributed by atoms with van der Waals surface area (Å²) < 4.78 is 33.3. The van der Waals surface area contributed by atoms with Crippen molar-refractivity contribution in [2.45, 2.75) is 134 Å². The molecule has 1 aliphatic heterocycles. The van der Waals surface area contributed by atoms with Gasteiger partial charge >= 0.3 is 23.9 Å². The molecule has 316 valence electrons. The molecular weight excluding hydrogens is 782 g/mol. The lowest BCUT2D eigenvalue weighted by molar-refractivity contribution is -0.290. The van der Waals surface area contributed by atoms with Crippen molar-refractivity contribution in [3.05, 3.63) is 82.6 Å². The summed E-state index contributed by atoms with van der Waals surface area (Å²) in [6.07, 6.45) is 2.68. The second-order valence-corrected chi connectivity index (χ2v) is 15.9. The first-order chi connectivity index (χ1) is 28.2. The molecule has 2 saturated carbocycles. The van der Waals surface area contributed by atoms with E-state index in [0.717, 1.165) is 99.8 Å². The lowest BCUT2D eigenvalue weighted by Crippen LogP contribution is -2.65. The summed E-state index contributed by atoms with van der Waals surface area (Å²) >= 11 is 6.76. The van der Waals surface area contributed by atoms with Crippen molar-refractivity contribution in [1.29, 1.82) is 0 Å². The number of benzene rings is 2. The Hall–Kier alpha value is -5.05. The van der Waals surface area contributed by atoms with Gasteiger partial charge in [-0.25, -0.2) is 0 Å². The first-order valence-electron chi connectivity index (χ1n) is 20.1. The largest absolute Gasteiger partial charge is 0.490 e. The van der Waals surface area contributed by atoms with Gasteiger partial charge in [-0.3, -0.25) is 29.0 Å². The van der Waals surface area contributed by atoms with Crippen LogP contribution in [0.5, 0.6) is 5.75 Å². The van der Waals surface area contributed by atoms with Gasteiger partial charge in [0.2, 0.25) is 12.4 Å². The molecule has 1 saturated heterocycles. The average Bonchev–Trinajstić information content (AvgIpc) is 4.14. The van der Waals surface area contributed by atoms with Crippen LogP contribution in [0.1, 0.15) is 102 Å². The predicted molar refractivity (Wildman–Crippen MR) is 215 cm³/mol. The van der Waals surface area contributed by atoms with Gasteiger partial charge in [0.15, 0.2) is 18.3 Å². The number of halogens is 1. The van der Waals surface area contributed by atoms with Crippen molar-refractivity contribution >= 4 is 41.4 Å². The molecule has 2 aliphatic carbocycles. The van der Waals surface area contributed by atoms with Crippen LogP contribution in [0.2, 0.25) is 5.02 Å². The third-order valence-corrected chi connectivity index (χ3v) is 11.0. The maximum Gasteiger partial charge on any atom is 0.305 e. The molecule has 0 bridgehead atoms. The second kappa shape index (κ2) is 19.3. The fraction of sp³-hybridized carbons (Fsp3) is 0.500. The smallest absolute Gasteiger partial charge is 0.305 e. The fourth-order valence-electron chi connectivity index (χ4n) is 7.43. The molecule has 2 unspecified atom stereocenters. The van der Waals surface area contributed by atoms with E-state index in [2.05, 4.69) is 40.7 Å². The van der Waals surface area contributed by atoms with Crippen LogP contribution in [0.4, 0.5) is 0 Å². The number of nitrogens with one attached hydrogen (secondary N) is 2. The number of rotatable bonds is 18. The number of aromatic nitrogens is 1. The van der Waals surface area contributed by atoms with Crippen molar-refractivity contribution in [3.8, 4) is 16.9 Å². The minimum absolute atomic E-state index is 0.187. The number of carbonyl (C=O) groups is 5. The third-order valence-electron chi connectivity index (χ3n) is 10.6. The topological polar surface area (TPSA) is 178 Å². The molecule has 2 aromatic carbocycles. The third kappa shape index (κ3) is 11.4. The van der Waals surface area contributed by atoms with Gasteiger partial charge < -0.3 is 39.1 Å². The zero-order valence-corrected chi connectivity index (χ0v) is 34.8. The Morgan fingerprint density at radius 3 is 2.20 bits per heavy atom. The maximum absolute atomic E-state index is 13.5. The summed E-state index contributed by atoms with van der Waals surface area (Å²) in [5.41, 5.74) is 5.26. The van der Waals surface area contributed by atoms with Gasteiger partial charge in [-0.2, -0.15) is 0 Å². The van der Waals surface area contributed by atoms with Crippen LogP contribution in [0.15, 0.2) is 60.9 Å². The van der Waals surface area contributed by atoms with Gasteiger partial charge in [0.25, 0.3) is 5.91 Å². The number of para-hydroxylation sites is 1. The Morgan fingerprint density at radius 2 is 1.53 bits per heavy atom. The Balaban J connectivity index is 1.05. The number of hydrogen-bond acceptors (Lipinski definition) is 13. The number of amides is 1. The van der Waals surface area contributed by atoms with Crippen molar-refractivity contribution in [2.24, 2.45) is 0 Å². The van der Waals surface area contributed by atoms with Crippen molar-refractivity contribution in [3.63, 3.8) is 0 Å². The van der Waals surface area contributed by atoms with Gasteiger partial charge in [0, 0.05) is 69.3 Å². The van der Waals surface area contributed by atoms with E-state index in [4.69, 9.17) is 40.0 Å². The molecule has 0 radical (unpaired) electrons. The number of unbranched alkanes of at least 4 members (excludes halogenated alkanes) is 1. The Morgan fingerprint density at radius 1 is 0.847 bits per heavy atom. The molecule has 59 heavy (non-hydrogen) atoms. The molecule has 1 aromatic heterocycles. The van der Waals surface area contributed by atoms with Gasteiger partial charge in [-0.15, -0.1) is 0 Å². The van der Waals surface area contributed by atoms with E-state index in [1.165, 1.54) is 0 Å². The second-order valence-electron chi connectivity index (χ2n) is 15.5. The van der Waals surface area contributed by atoms with E-state index < -0.39 is 60.5 Å². The highest BCUT2D eigenvalue weighted by Crippen LogP contribution is 2.50. The zero-order valence-electron chi connectivity index (χ0n) is 34.0. The summed E-state index contributed by atoms with van der Waals surface area (Å²) in [7, 11) is 0. The summed E-state index contributed by atoms with van der Waals surface area (Å²) in [6.45, 7) is 7.36. The molecule has 1 amide bonds. The monoisotopic (exact) mass is 833 g/mol. The van der Waals surface area contributed by atoms with Crippen LogP contribution in [0.3, 0.4) is 0 Å². The summed E-state index contributed by atoms with van der Waals surface area (Å²) in [5, 5.41) is 7.29. The molecule has 3 fully saturated rings. The van der Waals surface area contributed by atoms with E-state index in [1.807, 2.05) is 42.7 Å². The zero-order chi connectivity index (χ0) is 42.3. The van der Waals surface area contributed by atoms with Crippen LogP contribution in [0, 0.1) is 0 Å². The molecule has 6 rings (SSSR count). The number of pyridine rings is 1. The number of hydrogen-bond donors (Lipinski definition) is 2. The molecule has 6 atom stereocenters. The molecule has 15 heteroatoms. The van der Waals surface area contributed by atoms with E-state index in [-0.39, 0.29) is 24.1 Å². The highest BCUT2D eigenvalue weighted by atomic mass is 35.5. The van der Waals surface area contributed by atoms with Crippen LogP contribution >= 0.6 is 11.6 Å². The number of nitrogens with zero attached hydrogens (tertiary/aromatic N) is 1. The first kappa shape index (κ1) is 43.5. The first-order valence-corrected chi connectivity index (χ1v) is 20.5. The highest BCUT2D eigenvalue weighted by Gasteiger charge is 2.55. The standard InChI is InChI=1S/C44H52ClN3O11/c1-25(10-8-9-20-47-42(53)40-38(54-26(2)49)39(55-27(3)50)41(56-28(4)51)43(59-40)57-29(5)52)30-13-16-36(45)31(22-30)23-48-44(18-19-44)35-24-46-21-17-33(35)34-11-6-7-12-37(34)58-32-14-15-32/h6-7,11-13,16-17,21-22,24-25,32,38-41,43,48H,8-10,14-15,18-20,23H2,1-5H3,(H,47,53)/t25?,38-,39-,40-,41+,43?/m0/s1. The number of carbonyl (C=O) groups excluding carboxylic acids is 5.